The monoisotopic (exact) mass is 367 g/mol. The van der Waals surface area contributed by atoms with Gasteiger partial charge in [0.05, 0.1) is 5.69 Å². The second-order valence-electron chi connectivity index (χ2n) is 7.74. The van der Waals surface area contributed by atoms with Crippen LogP contribution in [0.1, 0.15) is 42.9 Å². The molecular weight excluding hydrogens is 338 g/mol. The first-order valence-corrected chi connectivity index (χ1v) is 10.1. The lowest BCUT2D eigenvalue weighted by Crippen LogP contribution is -2.39. The number of piperidine rings is 1. The molecule has 6 heteroatoms. The van der Waals surface area contributed by atoms with Gasteiger partial charge in [0.25, 0.3) is 0 Å². The summed E-state index contributed by atoms with van der Waals surface area (Å²) < 4.78 is 5.51. The van der Waals surface area contributed by atoms with E-state index in [9.17, 15) is 0 Å². The van der Waals surface area contributed by atoms with Crippen LogP contribution < -0.4 is 5.32 Å². The molecule has 27 heavy (non-hydrogen) atoms. The van der Waals surface area contributed by atoms with Gasteiger partial charge in [0.1, 0.15) is 5.82 Å². The summed E-state index contributed by atoms with van der Waals surface area (Å²) in [5, 5.41) is 3.41. The topological polar surface area (TPSA) is 63.2 Å². The fraction of sp³-hybridized carbons (Fsp3) is 0.571. The molecule has 6 nitrogen and oxygen atoms in total. The molecule has 0 radical (unpaired) electrons. The Morgan fingerprint density at radius 3 is 2.74 bits per heavy atom. The van der Waals surface area contributed by atoms with E-state index in [1.807, 2.05) is 18.5 Å². The van der Waals surface area contributed by atoms with Crippen molar-refractivity contribution in [3.05, 3.63) is 42.0 Å². The van der Waals surface area contributed by atoms with Crippen molar-refractivity contribution in [3.63, 3.8) is 0 Å². The van der Waals surface area contributed by atoms with E-state index in [4.69, 9.17) is 9.72 Å². The van der Waals surface area contributed by atoms with Crippen LogP contribution in [-0.2, 0) is 4.74 Å². The quantitative estimate of drug-likeness (QED) is 0.872. The van der Waals surface area contributed by atoms with Crippen LogP contribution >= 0.6 is 0 Å². The standard InChI is InChI=1S/C21H29N5O/c1-16-4-2-8-23-20(16)25-21-19(22-9-10-24-21)18-5-3-11-26(15-18)14-17-6-12-27-13-7-17/h2,4,8-10,17-18H,3,5-7,11-15H2,1H3,(H,23,24,25). The van der Waals surface area contributed by atoms with E-state index in [0.717, 1.165) is 48.6 Å². The van der Waals surface area contributed by atoms with Crippen molar-refractivity contribution in [1.82, 2.24) is 19.9 Å². The summed E-state index contributed by atoms with van der Waals surface area (Å²) >= 11 is 0. The molecule has 1 unspecified atom stereocenters. The van der Waals surface area contributed by atoms with Gasteiger partial charge in [-0.15, -0.1) is 0 Å². The summed E-state index contributed by atoms with van der Waals surface area (Å²) in [6, 6.07) is 4.01. The predicted molar refractivity (Wildman–Crippen MR) is 106 cm³/mol. The zero-order valence-electron chi connectivity index (χ0n) is 16.1. The largest absolute Gasteiger partial charge is 0.381 e. The number of nitrogens with one attached hydrogen (secondary N) is 1. The average Bonchev–Trinajstić information content (AvgIpc) is 2.71. The summed E-state index contributed by atoms with van der Waals surface area (Å²) in [6.07, 6.45) is 10.1. The molecular formula is C21H29N5O. The highest BCUT2D eigenvalue weighted by molar-refractivity contribution is 5.57. The van der Waals surface area contributed by atoms with Crippen LogP contribution in [0, 0.1) is 12.8 Å². The zero-order valence-corrected chi connectivity index (χ0v) is 16.1. The number of likely N-dealkylation sites (tertiary alicyclic amines) is 1. The fourth-order valence-electron chi connectivity index (χ4n) is 4.21. The van der Waals surface area contributed by atoms with Gasteiger partial charge in [-0.3, -0.25) is 4.98 Å². The normalized spacial score (nSPS) is 21.9. The van der Waals surface area contributed by atoms with E-state index >= 15 is 0 Å². The van der Waals surface area contributed by atoms with Crippen molar-refractivity contribution in [2.45, 2.75) is 38.5 Å². The van der Waals surface area contributed by atoms with Gasteiger partial charge in [-0.2, -0.15) is 0 Å². The van der Waals surface area contributed by atoms with Gasteiger partial charge < -0.3 is 15.0 Å². The molecule has 0 bridgehead atoms. The van der Waals surface area contributed by atoms with Crippen LogP contribution in [0.4, 0.5) is 11.6 Å². The number of aryl methyl sites for hydroxylation is 1. The minimum Gasteiger partial charge on any atom is -0.381 e. The molecule has 2 saturated heterocycles. The van der Waals surface area contributed by atoms with E-state index in [1.54, 1.807) is 6.20 Å². The van der Waals surface area contributed by atoms with Crippen LogP contribution in [0.25, 0.3) is 0 Å². The third kappa shape index (κ3) is 4.62. The Labute approximate surface area is 161 Å². The van der Waals surface area contributed by atoms with Crippen LogP contribution in [0.2, 0.25) is 0 Å². The lowest BCUT2D eigenvalue weighted by molar-refractivity contribution is 0.0482. The smallest absolute Gasteiger partial charge is 0.153 e. The first kappa shape index (κ1) is 18.3. The third-order valence-corrected chi connectivity index (χ3v) is 5.72. The molecule has 144 valence electrons. The SMILES string of the molecule is Cc1cccnc1Nc1nccnc1C1CCCN(CC2CCOCC2)C1. The summed E-state index contributed by atoms with van der Waals surface area (Å²) in [5.41, 5.74) is 2.18. The molecule has 2 aliphatic rings. The number of pyridine rings is 1. The number of ether oxygens (including phenoxy) is 1. The number of nitrogens with zero attached hydrogens (tertiary/aromatic N) is 4. The van der Waals surface area contributed by atoms with Gasteiger partial charge >= 0.3 is 0 Å². The van der Waals surface area contributed by atoms with E-state index in [-0.39, 0.29) is 0 Å². The number of rotatable bonds is 5. The van der Waals surface area contributed by atoms with E-state index in [0.29, 0.717) is 5.92 Å². The van der Waals surface area contributed by atoms with Crippen molar-refractivity contribution in [2.75, 3.05) is 38.2 Å². The molecule has 2 aliphatic heterocycles. The maximum atomic E-state index is 5.51. The van der Waals surface area contributed by atoms with E-state index in [1.165, 1.54) is 38.8 Å². The molecule has 2 aromatic heterocycles. The molecule has 0 spiro atoms. The molecule has 1 N–H and O–H groups in total. The van der Waals surface area contributed by atoms with Crippen molar-refractivity contribution >= 4 is 11.6 Å². The second-order valence-corrected chi connectivity index (χ2v) is 7.74. The van der Waals surface area contributed by atoms with E-state index < -0.39 is 0 Å². The Bertz CT molecular complexity index is 747. The van der Waals surface area contributed by atoms with Crippen LogP contribution in [0.15, 0.2) is 30.7 Å². The zero-order chi connectivity index (χ0) is 18.5. The average molecular weight is 367 g/mol. The lowest BCUT2D eigenvalue weighted by atomic mass is 9.92. The van der Waals surface area contributed by atoms with E-state index in [2.05, 4.69) is 33.2 Å². The molecule has 0 aromatic carbocycles. The highest BCUT2D eigenvalue weighted by Gasteiger charge is 2.27. The number of aromatic nitrogens is 3. The van der Waals surface area contributed by atoms with Gasteiger partial charge in [0, 0.05) is 50.8 Å². The summed E-state index contributed by atoms with van der Waals surface area (Å²) in [5.74, 6) is 2.89. The summed E-state index contributed by atoms with van der Waals surface area (Å²) in [7, 11) is 0. The van der Waals surface area contributed by atoms with Crippen molar-refractivity contribution in [3.8, 4) is 0 Å². The maximum Gasteiger partial charge on any atom is 0.153 e. The molecule has 0 amide bonds. The number of anilines is 2. The van der Waals surface area contributed by atoms with Crippen molar-refractivity contribution < 1.29 is 4.74 Å². The first-order valence-electron chi connectivity index (χ1n) is 10.1. The number of hydrogen-bond donors (Lipinski definition) is 1. The molecule has 4 heterocycles. The minimum absolute atomic E-state index is 0.416. The van der Waals surface area contributed by atoms with Crippen LogP contribution in [0.5, 0.6) is 0 Å². The molecule has 0 aliphatic carbocycles. The Morgan fingerprint density at radius 1 is 1.07 bits per heavy atom. The maximum absolute atomic E-state index is 5.51. The molecule has 4 rings (SSSR count). The lowest BCUT2D eigenvalue weighted by Gasteiger charge is -2.36. The second kappa shape index (κ2) is 8.76. The van der Waals surface area contributed by atoms with Crippen molar-refractivity contribution in [1.29, 1.82) is 0 Å². The van der Waals surface area contributed by atoms with Gasteiger partial charge in [-0.05, 0) is 56.7 Å². The summed E-state index contributed by atoms with van der Waals surface area (Å²) in [6.45, 7) is 7.33. The van der Waals surface area contributed by atoms with Gasteiger partial charge in [0.2, 0.25) is 0 Å². The first-order chi connectivity index (χ1) is 13.3. The summed E-state index contributed by atoms with van der Waals surface area (Å²) in [4.78, 5) is 16.4. The molecule has 1 atom stereocenters. The Balaban J connectivity index is 1.47. The Hall–Kier alpha value is -2.05. The Kier molecular flexibility index (Phi) is 5.94. The third-order valence-electron chi connectivity index (χ3n) is 5.72. The van der Waals surface area contributed by atoms with Crippen molar-refractivity contribution in [2.24, 2.45) is 5.92 Å². The minimum atomic E-state index is 0.416. The van der Waals surface area contributed by atoms with Gasteiger partial charge in [0.15, 0.2) is 5.82 Å². The molecule has 0 saturated carbocycles. The van der Waals surface area contributed by atoms with Gasteiger partial charge in [-0.1, -0.05) is 6.07 Å². The predicted octanol–water partition coefficient (Wildman–Crippen LogP) is 3.53. The highest BCUT2D eigenvalue weighted by atomic mass is 16.5. The van der Waals surface area contributed by atoms with Gasteiger partial charge in [-0.25, -0.2) is 9.97 Å². The molecule has 2 aromatic rings. The molecule has 2 fully saturated rings. The number of hydrogen-bond acceptors (Lipinski definition) is 6. The highest BCUT2D eigenvalue weighted by Crippen LogP contribution is 2.31. The Morgan fingerprint density at radius 2 is 1.89 bits per heavy atom. The fourth-order valence-corrected chi connectivity index (χ4v) is 4.21. The van der Waals surface area contributed by atoms with Crippen LogP contribution in [0.3, 0.4) is 0 Å². The van der Waals surface area contributed by atoms with Crippen LogP contribution in [-0.4, -0.2) is 52.7 Å².